The van der Waals surface area contributed by atoms with E-state index < -0.39 is 0 Å². The van der Waals surface area contributed by atoms with Gasteiger partial charge in [0.2, 0.25) is 0 Å². The van der Waals surface area contributed by atoms with Gasteiger partial charge >= 0.3 is 0 Å². The molecule has 38 heavy (non-hydrogen) atoms. The van der Waals surface area contributed by atoms with Crippen LogP contribution >= 0.6 is 11.3 Å². The molecular weight excluding hydrogens is 500 g/mol. The first-order valence-electron chi connectivity index (χ1n) is 12.2. The van der Waals surface area contributed by atoms with Crippen molar-refractivity contribution in [1.29, 1.82) is 0 Å². The SMILES string of the molecule is COc1cc(/C=c2\sc3n(c2=O)[C@H](c2ccc(OC)c(OC)c2)C2=C(N=3)c3ccccc3CC2)ccc1O. The van der Waals surface area contributed by atoms with Crippen LogP contribution < -0.4 is 29.1 Å². The van der Waals surface area contributed by atoms with Crippen LogP contribution in [0.4, 0.5) is 0 Å². The summed E-state index contributed by atoms with van der Waals surface area (Å²) >= 11 is 1.36. The number of methoxy groups -OCH3 is 3. The van der Waals surface area contributed by atoms with E-state index in [9.17, 15) is 9.90 Å². The summed E-state index contributed by atoms with van der Waals surface area (Å²) < 4.78 is 18.7. The molecule has 2 heterocycles. The number of allylic oxidation sites excluding steroid dienone is 1. The molecule has 3 aromatic carbocycles. The quantitative estimate of drug-likeness (QED) is 0.424. The van der Waals surface area contributed by atoms with E-state index in [0.717, 1.165) is 40.8 Å². The Morgan fingerprint density at radius 3 is 2.53 bits per heavy atom. The van der Waals surface area contributed by atoms with E-state index in [-0.39, 0.29) is 17.4 Å². The predicted octanol–water partition coefficient (Wildman–Crippen LogP) is 4.05. The van der Waals surface area contributed by atoms with Gasteiger partial charge in [-0.05, 0) is 65.4 Å². The summed E-state index contributed by atoms with van der Waals surface area (Å²) in [5.74, 6) is 1.64. The third-order valence-corrected chi connectivity index (χ3v) is 8.08. The van der Waals surface area contributed by atoms with Crippen LogP contribution in [0.5, 0.6) is 23.0 Å². The number of benzene rings is 3. The number of aromatic nitrogens is 1. The molecule has 0 amide bonds. The standard InChI is InChI=1S/C30H26N2O5S/c1-35-23-13-10-19(16-25(23)37-3)28-21-11-9-18-6-4-5-7-20(18)27(21)31-30-32(28)29(34)26(38-30)15-17-8-12-22(33)24(14-17)36-2/h4-8,10,12-16,28,33H,9,11H2,1-3H3/b26-15-/t28-/m1/s1. The molecule has 192 valence electrons. The van der Waals surface area contributed by atoms with E-state index in [4.69, 9.17) is 19.2 Å². The highest BCUT2D eigenvalue weighted by molar-refractivity contribution is 7.07. The van der Waals surface area contributed by atoms with E-state index in [2.05, 4.69) is 18.2 Å². The van der Waals surface area contributed by atoms with E-state index in [1.165, 1.54) is 24.0 Å². The maximum atomic E-state index is 13.9. The van der Waals surface area contributed by atoms with Gasteiger partial charge in [-0.3, -0.25) is 9.36 Å². The molecule has 6 rings (SSSR count). The minimum absolute atomic E-state index is 0.0471. The van der Waals surface area contributed by atoms with Crippen molar-refractivity contribution >= 4 is 23.1 Å². The summed E-state index contributed by atoms with van der Waals surface area (Å²) in [7, 11) is 4.72. The Bertz CT molecular complexity index is 1780. The highest BCUT2D eigenvalue weighted by Crippen LogP contribution is 2.42. The fourth-order valence-corrected chi connectivity index (χ4v) is 6.28. The Kier molecular flexibility index (Phi) is 6.04. The number of aryl methyl sites for hydroxylation is 1. The first-order chi connectivity index (χ1) is 18.5. The fourth-order valence-electron chi connectivity index (χ4n) is 5.28. The molecule has 1 atom stereocenters. The van der Waals surface area contributed by atoms with Crippen LogP contribution in [-0.4, -0.2) is 31.0 Å². The van der Waals surface area contributed by atoms with E-state index >= 15 is 0 Å². The van der Waals surface area contributed by atoms with Gasteiger partial charge in [0.25, 0.3) is 5.56 Å². The summed E-state index contributed by atoms with van der Waals surface area (Å²) in [5.41, 5.74) is 5.99. The molecule has 4 aromatic rings. The lowest BCUT2D eigenvalue weighted by Crippen LogP contribution is -2.38. The number of phenols is 1. The van der Waals surface area contributed by atoms with Gasteiger partial charge in [-0.2, -0.15) is 0 Å². The van der Waals surface area contributed by atoms with Crippen molar-refractivity contribution in [2.24, 2.45) is 4.99 Å². The maximum absolute atomic E-state index is 13.9. The van der Waals surface area contributed by atoms with Gasteiger partial charge in [-0.25, -0.2) is 4.99 Å². The molecule has 1 N–H and O–H groups in total. The van der Waals surface area contributed by atoms with Crippen LogP contribution in [0.1, 0.15) is 34.7 Å². The number of aromatic hydroxyl groups is 1. The van der Waals surface area contributed by atoms with Crippen molar-refractivity contribution < 1.29 is 19.3 Å². The highest BCUT2D eigenvalue weighted by atomic mass is 32.1. The molecule has 0 unspecified atom stereocenters. The second kappa shape index (κ2) is 9.54. The predicted molar refractivity (Wildman–Crippen MR) is 147 cm³/mol. The number of thiazole rings is 1. The van der Waals surface area contributed by atoms with Gasteiger partial charge < -0.3 is 19.3 Å². The Morgan fingerprint density at radius 2 is 1.74 bits per heavy atom. The lowest BCUT2D eigenvalue weighted by molar-refractivity contribution is 0.354. The number of rotatable bonds is 5. The Labute approximate surface area is 223 Å². The average molecular weight is 527 g/mol. The first-order valence-corrected chi connectivity index (χ1v) is 13.1. The number of hydrogen-bond acceptors (Lipinski definition) is 7. The maximum Gasteiger partial charge on any atom is 0.271 e. The average Bonchev–Trinajstić information content (AvgIpc) is 3.26. The molecule has 8 heteroatoms. The molecule has 0 saturated heterocycles. The second-order valence-corrected chi connectivity index (χ2v) is 10.2. The van der Waals surface area contributed by atoms with Crippen LogP contribution in [0.2, 0.25) is 0 Å². The lowest BCUT2D eigenvalue weighted by atomic mass is 9.83. The zero-order valence-corrected chi connectivity index (χ0v) is 22.0. The first kappa shape index (κ1) is 24.1. The van der Waals surface area contributed by atoms with Gasteiger partial charge in [0.05, 0.1) is 37.6 Å². The Hall–Kier alpha value is -4.30. The Balaban J connectivity index is 1.60. The van der Waals surface area contributed by atoms with Crippen molar-refractivity contribution in [2.75, 3.05) is 21.3 Å². The van der Waals surface area contributed by atoms with Crippen molar-refractivity contribution in [3.05, 3.63) is 108 Å². The molecule has 0 fully saturated rings. The smallest absolute Gasteiger partial charge is 0.271 e. The van der Waals surface area contributed by atoms with Crippen molar-refractivity contribution in [3.63, 3.8) is 0 Å². The van der Waals surface area contributed by atoms with Gasteiger partial charge in [0.1, 0.15) is 0 Å². The van der Waals surface area contributed by atoms with Gasteiger partial charge in [-0.1, -0.05) is 47.7 Å². The van der Waals surface area contributed by atoms with Crippen LogP contribution in [0.25, 0.3) is 11.8 Å². The molecule has 0 bridgehead atoms. The Morgan fingerprint density at radius 1 is 0.947 bits per heavy atom. The number of fused-ring (bicyclic) bond motifs is 3. The number of nitrogens with zero attached hydrogens (tertiary/aromatic N) is 2. The third kappa shape index (κ3) is 3.88. The van der Waals surface area contributed by atoms with Crippen molar-refractivity contribution in [1.82, 2.24) is 4.57 Å². The summed E-state index contributed by atoms with van der Waals surface area (Å²) in [6.45, 7) is 0. The van der Waals surface area contributed by atoms with E-state index in [0.29, 0.717) is 26.6 Å². The van der Waals surface area contributed by atoms with Crippen LogP contribution in [0.3, 0.4) is 0 Å². The molecular formula is C30H26N2O5S. The largest absolute Gasteiger partial charge is 0.504 e. The molecule has 0 radical (unpaired) electrons. The number of phenolic OH excluding ortho intramolecular Hbond substituents is 1. The summed E-state index contributed by atoms with van der Waals surface area (Å²) in [5, 5.41) is 9.99. The van der Waals surface area contributed by atoms with Gasteiger partial charge in [0, 0.05) is 5.56 Å². The monoisotopic (exact) mass is 526 g/mol. The third-order valence-electron chi connectivity index (χ3n) is 7.10. The molecule has 7 nitrogen and oxygen atoms in total. The normalized spacial score (nSPS) is 16.3. The zero-order chi connectivity index (χ0) is 26.4. The fraction of sp³-hybridized carbons (Fsp3) is 0.200. The minimum Gasteiger partial charge on any atom is -0.504 e. The van der Waals surface area contributed by atoms with Crippen LogP contribution in [0.15, 0.2) is 76.0 Å². The molecule has 2 aliphatic rings. The molecule has 1 aliphatic carbocycles. The minimum atomic E-state index is -0.328. The van der Waals surface area contributed by atoms with E-state index in [1.807, 2.05) is 30.3 Å². The van der Waals surface area contributed by atoms with Crippen LogP contribution in [-0.2, 0) is 6.42 Å². The van der Waals surface area contributed by atoms with Crippen molar-refractivity contribution in [2.45, 2.75) is 18.9 Å². The molecule has 1 aromatic heterocycles. The zero-order valence-electron chi connectivity index (χ0n) is 21.2. The lowest BCUT2D eigenvalue weighted by Gasteiger charge is -2.31. The molecule has 0 saturated carbocycles. The highest BCUT2D eigenvalue weighted by Gasteiger charge is 2.33. The second-order valence-electron chi connectivity index (χ2n) is 9.16. The number of ether oxygens (including phenoxy) is 3. The van der Waals surface area contributed by atoms with Gasteiger partial charge in [-0.15, -0.1) is 0 Å². The molecule has 1 aliphatic heterocycles. The summed E-state index contributed by atoms with van der Waals surface area (Å²) in [4.78, 5) is 19.6. The molecule has 0 spiro atoms. The van der Waals surface area contributed by atoms with Gasteiger partial charge in [0.15, 0.2) is 27.8 Å². The van der Waals surface area contributed by atoms with Crippen LogP contribution in [0, 0.1) is 0 Å². The van der Waals surface area contributed by atoms with Crippen molar-refractivity contribution in [3.8, 4) is 23.0 Å². The number of hydrogen-bond donors (Lipinski definition) is 1. The summed E-state index contributed by atoms with van der Waals surface area (Å²) in [6, 6.07) is 18.8. The summed E-state index contributed by atoms with van der Waals surface area (Å²) in [6.07, 6.45) is 3.49. The topological polar surface area (TPSA) is 82.3 Å². The van der Waals surface area contributed by atoms with E-state index in [1.54, 1.807) is 37.0 Å².